The molecule has 3 aromatic heterocycles. The molecular formula is C19H19N3O2S. The van der Waals surface area contributed by atoms with Crippen LogP contribution in [0.15, 0.2) is 42.2 Å². The largest absolute Gasteiger partial charge is 0.369 e. The Morgan fingerprint density at radius 1 is 1.24 bits per heavy atom. The van der Waals surface area contributed by atoms with Gasteiger partial charge in [0.25, 0.3) is 5.91 Å². The van der Waals surface area contributed by atoms with Crippen molar-refractivity contribution in [2.45, 2.75) is 24.9 Å². The van der Waals surface area contributed by atoms with Gasteiger partial charge in [0.1, 0.15) is 11.2 Å². The number of nitrogens with zero attached hydrogens (tertiary/aromatic N) is 3. The van der Waals surface area contributed by atoms with Crippen molar-refractivity contribution < 1.29 is 9.53 Å². The molecule has 0 aliphatic carbocycles. The Bertz CT molecular complexity index is 937. The first kappa shape index (κ1) is 15.1. The molecule has 1 spiro atoms. The van der Waals surface area contributed by atoms with Gasteiger partial charge in [0.15, 0.2) is 0 Å². The Morgan fingerprint density at radius 2 is 2.12 bits per heavy atom. The molecule has 2 aliphatic rings. The van der Waals surface area contributed by atoms with Crippen molar-refractivity contribution in [3.05, 3.63) is 58.2 Å². The third kappa shape index (κ3) is 2.40. The minimum absolute atomic E-state index is 0.0904. The molecule has 1 saturated heterocycles. The van der Waals surface area contributed by atoms with Gasteiger partial charge in [-0.2, -0.15) is 0 Å². The standard InChI is InChI=1S/C19H19N3O2S/c23-18(15-1-2-16-20-7-10-22(16)13-15)21-8-5-19(6-9-21)17-14(3-11-24-19)4-12-25-17/h1-2,4,7,10,12-13H,3,5-6,8-9,11H2. The number of hydrogen-bond donors (Lipinski definition) is 0. The van der Waals surface area contributed by atoms with Gasteiger partial charge in [-0.1, -0.05) is 0 Å². The van der Waals surface area contributed by atoms with Gasteiger partial charge in [0.05, 0.1) is 12.2 Å². The first-order valence-corrected chi connectivity index (χ1v) is 9.56. The fourth-order valence-electron chi connectivity index (χ4n) is 4.03. The molecule has 0 N–H and O–H groups in total. The molecule has 3 aromatic rings. The van der Waals surface area contributed by atoms with Crippen LogP contribution in [0.3, 0.4) is 0 Å². The summed E-state index contributed by atoms with van der Waals surface area (Å²) < 4.78 is 8.12. The fraction of sp³-hybridized carbons (Fsp3) is 0.368. The third-order valence-electron chi connectivity index (χ3n) is 5.40. The van der Waals surface area contributed by atoms with Crippen molar-refractivity contribution in [3.63, 3.8) is 0 Å². The molecule has 5 rings (SSSR count). The molecule has 25 heavy (non-hydrogen) atoms. The Morgan fingerprint density at radius 3 is 3.00 bits per heavy atom. The van der Waals surface area contributed by atoms with Crippen molar-refractivity contribution in [1.29, 1.82) is 0 Å². The number of fused-ring (bicyclic) bond motifs is 3. The summed E-state index contributed by atoms with van der Waals surface area (Å²) in [5, 5.41) is 2.17. The molecule has 0 saturated carbocycles. The van der Waals surface area contributed by atoms with E-state index in [0.717, 1.165) is 44.6 Å². The van der Waals surface area contributed by atoms with Crippen molar-refractivity contribution in [2.24, 2.45) is 0 Å². The maximum Gasteiger partial charge on any atom is 0.255 e. The lowest BCUT2D eigenvalue weighted by atomic mass is 9.85. The highest BCUT2D eigenvalue weighted by Crippen LogP contribution is 2.44. The summed E-state index contributed by atoms with van der Waals surface area (Å²) in [6.07, 6.45) is 8.23. The van der Waals surface area contributed by atoms with E-state index in [1.807, 2.05) is 33.8 Å². The number of thiophene rings is 1. The van der Waals surface area contributed by atoms with Crippen molar-refractivity contribution in [1.82, 2.24) is 14.3 Å². The van der Waals surface area contributed by atoms with Gasteiger partial charge in [-0.3, -0.25) is 4.79 Å². The average molecular weight is 353 g/mol. The number of hydrogen-bond acceptors (Lipinski definition) is 4. The van der Waals surface area contributed by atoms with Gasteiger partial charge in [-0.05, 0) is 48.4 Å². The smallest absolute Gasteiger partial charge is 0.255 e. The van der Waals surface area contributed by atoms with E-state index in [0.29, 0.717) is 5.56 Å². The summed E-state index contributed by atoms with van der Waals surface area (Å²) in [5.74, 6) is 0.0904. The zero-order valence-electron chi connectivity index (χ0n) is 13.9. The molecule has 0 unspecified atom stereocenters. The number of imidazole rings is 1. The predicted molar refractivity (Wildman–Crippen MR) is 96.0 cm³/mol. The summed E-state index contributed by atoms with van der Waals surface area (Å²) in [6, 6.07) is 5.98. The van der Waals surface area contributed by atoms with E-state index in [2.05, 4.69) is 16.4 Å². The second-order valence-electron chi connectivity index (χ2n) is 6.77. The number of aromatic nitrogens is 2. The van der Waals surface area contributed by atoms with Crippen LogP contribution < -0.4 is 0 Å². The first-order chi connectivity index (χ1) is 12.3. The van der Waals surface area contributed by atoms with E-state index >= 15 is 0 Å². The van der Waals surface area contributed by atoms with E-state index in [4.69, 9.17) is 4.74 Å². The number of amides is 1. The van der Waals surface area contributed by atoms with Crippen LogP contribution in [0.1, 0.15) is 33.6 Å². The number of likely N-dealkylation sites (tertiary alicyclic amines) is 1. The van der Waals surface area contributed by atoms with Gasteiger partial charge < -0.3 is 14.0 Å². The summed E-state index contributed by atoms with van der Waals surface area (Å²) in [5.41, 5.74) is 2.83. The molecular weight excluding hydrogens is 334 g/mol. The van der Waals surface area contributed by atoms with E-state index in [1.165, 1.54) is 10.4 Å². The van der Waals surface area contributed by atoms with Crippen molar-refractivity contribution in [2.75, 3.05) is 19.7 Å². The van der Waals surface area contributed by atoms with Gasteiger partial charge >= 0.3 is 0 Å². The van der Waals surface area contributed by atoms with E-state index in [9.17, 15) is 4.79 Å². The number of ether oxygens (including phenoxy) is 1. The fourth-order valence-corrected chi connectivity index (χ4v) is 5.19. The molecule has 0 atom stereocenters. The molecule has 6 heteroatoms. The number of carbonyl (C=O) groups is 1. The quantitative estimate of drug-likeness (QED) is 0.675. The van der Waals surface area contributed by atoms with Crippen LogP contribution in [0.5, 0.6) is 0 Å². The van der Waals surface area contributed by atoms with Gasteiger partial charge in [0, 0.05) is 36.6 Å². The third-order valence-corrected chi connectivity index (χ3v) is 6.55. The molecule has 5 heterocycles. The van der Waals surface area contributed by atoms with Crippen LogP contribution in [0.25, 0.3) is 5.65 Å². The molecule has 0 radical (unpaired) electrons. The minimum atomic E-state index is -0.174. The SMILES string of the molecule is O=C(c1ccc2nccn2c1)N1CCC2(CC1)OCCc1ccsc12. The number of pyridine rings is 1. The van der Waals surface area contributed by atoms with E-state index in [-0.39, 0.29) is 11.5 Å². The van der Waals surface area contributed by atoms with E-state index < -0.39 is 0 Å². The average Bonchev–Trinajstić information content (AvgIpc) is 3.31. The van der Waals surface area contributed by atoms with Crippen LogP contribution in [-0.2, 0) is 16.8 Å². The highest BCUT2D eigenvalue weighted by molar-refractivity contribution is 7.10. The number of piperidine rings is 1. The summed E-state index contributed by atoms with van der Waals surface area (Å²) >= 11 is 1.80. The van der Waals surface area contributed by atoms with Gasteiger partial charge in [0.2, 0.25) is 0 Å². The zero-order valence-corrected chi connectivity index (χ0v) is 14.7. The second-order valence-corrected chi connectivity index (χ2v) is 7.69. The highest BCUT2D eigenvalue weighted by Gasteiger charge is 2.42. The van der Waals surface area contributed by atoms with Crippen molar-refractivity contribution >= 4 is 22.9 Å². The summed E-state index contributed by atoms with van der Waals surface area (Å²) in [4.78, 5) is 20.4. The van der Waals surface area contributed by atoms with Gasteiger partial charge in [-0.25, -0.2) is 4.98 Å². The van der Waals surface area contributed by atoms with Crippen LogP contribution in [0.4, 0.5) is 0 Å². The maximum absolute atomic E-state index is 12.9. The maximum atomic E-state index is 12.9. The van der Waals surface area contributed by atoms with Crippen LogP contribution in [-0.4, -0.2) is 39.9 Å². The van der Waals surface area contributed by atoms with Crippen molar-refractivity contribution in [3.8, 4) is 0 Å². The Kier molecular flexibility index (Phi) is 3.43. The monoisotopic (exact) mass is 353 g/mol. The molecule has 2 aliphatic heterocycles. The molecule has 0 bridgehead atoms. The second kappa shape index (κ2) is 5.68. The normalized spacial score (nSPS) is 19.3. The van der Waals surface area contributed by atoms with Crippen LogP contribution in [0, 0.1) is 0 Å². The molecule has 128 valence electrons. The Balaban J connectivity index is 1.36. The Hall–Kier alpha value is -2.18. The molecule has 5 nitrogen and oxygen atoms in total. The topological polar surface area (TPSA) is 46.8 Å². The van der Waals surface area contributed by atoms with E-state index in [1.54, 1.807) is 17.5 Å². The molecule has 0 aromatic carbocycles. The minimum Gasteiger partial charge on any atom is -0.369 e. The predicted octanol–water partition coefficient (Wildman–Crippen LogP) is 3.10. The summed E-state index contributed by atoms with van der Waals surface area (Å²) in [7, 11) is 0. The first-order valence-electron chi connectivity index (χ1n) is 8.68. The number of rotatable bonds is 1. The molecule has 1 amide bonds. The lowest BCUT2D eigenvalue weighted by molar-refractivity contribution is -0.0906. The summed E-state index contributed by atoms with van der Waals surface area (Å²) in [6.45, 7) is 2.26. The lowest BCUT2D eigenvalue weighted by Crippen LogP contribution is -2.47. The zero-order chi connectivity index (χ0) is 16.9. The highest BCUT2D eigenvalue weighted by atomic mass is 32.1. The molecule has 1 fully saturated rings. The Labute approximate surface area is 149 Å². The van der Waals surface area contributed by atoms with Crippen LogP contribution in [0.2, 0.25) is 0 Å². The van der Waals surface area contributed by atoms with Crippen LogP contribution >= 0.6 is 11.3 Å². The van der Waals surface area contributed by atoms with Gasteiger partial charge in [-0.15, -0.1) is 11.3 Å². The lowest BCUT2D eigenvalue weighted by Gasteiger charge is -2.43. The number of carbonyl (C=O) groups excluding carboxylic acids is 1.